The molecule has 2 heterocycles. The van der Waals surface area contributed by atoms with Gasteiger partial charge >= 0.3 is 0 Å². The quantitative estimate of drug-likeness (QED) is 0.746. The van der Waals surface area contributed by atoms with Crippen LogP contribution in [-0.4, -0.2) is 39.4 Å². The fraction of sp³-hybridized carbons (Fsp3) is 0.214. The lowest BCUT2D eigenvalue weighted by Gasteiger charge is -2.09. The SMILES string of the molecule is COCCn1c(C(=O)Nc2ncn[nH]2)cc2ccccc21. The summed E-state index contributed by atoms with van der Waals surface area (Å²) in [4.78, 5) is 16.3. The second-order valence-corrected chi connectivity index (χ2v) is 4.52. The van der Waals surface area contributed by atoms with Crippen LogP contribution < -0.4 is 5.32 Å². The van der Waals surface area contributed by atoms with E-state index in [2.05, 4.69) is 20.5 Å². The summed E-state index contributed by atoms with van der Waals surface area (Å²) in [5.41, 5.74) is 1.56. The zero-order chi connectivity index (χ0) is 14.7. The van der Waals surface area contributed by atoms with Crippen LogP contribution in [0.1, 0.15) is 10.5 Å². The molecule has 0 saturated heterocycles. The molecule has 1 amide bonds. The number of hydrogen-bond donors (Lipinski definition) is 2. The van der Waals surface area contributed by atoms with Gasteiger partial charge in [0.05, 0.1) is 6.61 Å². The van der Waals surface area contributed by atoms with Gasteiger partial charge in [0.2, 0.25) is 5.95 Å². The molecule has 0 unspecified atom stereocenters. The first-order valence-corrected chi connectivity index (χ1v) is 6.53. The Morgan fingerprint density at radius 2 is 2.29 bits per heavy atom. The van der Waals surface area contributed by atoms with Gasteiger partial charge in [-0.25, -0.2) is 5.10 Å². The van der Waals surface area contributed by atoms with Crippen molar-refractivity contribution in [3.05, 3.63) is 42.4 Å². The number of nitrogens with zero attached hydrogens (tertiary/aromatic N) is 3. The van der Waals surface area contributed by atoms with Crippen LogP contribution >= 0.6 is 0 Å². The average molecular weight is 285 g/mol. The van der Waals surface area contributed by atoms with Gasteiger partial charge in [-0.1, -0.05) is 18.2 Å². The molecule has 108 valence electrons. The molecule has 0 aliphatic rings. The number of aromatic amines is 1. The van der Waals surface area contributed by atoms with Gasteiger partial charge in [0.15, 0.2) is 0 Å². The fourth-order valence-corrected chi connectivity index (χ4v) is 2.26. The predicted molar refractivity (Wildman–Crippen MR) is 78.1 cm³/mol. The monoisotopic (exact) mass is 285 g/mol. The summed E-state index contributed by atoms with van der Waals surface area (Å²) in [6.45, 7) is 1.13. The number of fused-ring (bicyclic) bond motifs is 1. The Labute approximate surface area is 120 Å². The Morgan fingerprint density at radius 3 is 3.05 bits per heavy atom. The van der Waals surface area contributed by atoms with Crippen molar-refractivity contribution in [1.82, 2.24) is 19.7 Å². The number of methoxy groups -OCH3 is 1. The van der Waals surface area contributed by atoms with E-state index >= 15 is 0 Å². The Bertz CT molecular complexity index is 748. The summed E-state index contributed by atoms with van der Waals surface area (Å²) in [5, 5.41) is 10.0. The molecule has 3 aromatic rings. The number of nitrogens with one attached hydrogen (secondary N) is 2. The maximum atomic E-state index is 12.4. The van der Waals surface area contributed by atoms with Crippen molar-refractivity contribution in [1.29, 1.82) is 0 Å². The van der Waals surface area contributed by atoms with E-state index in [1.807, 2.05) is 34.9 Å². The van der Waals surface area contributed by atoms with Crippen molar-refractivity contribution in [2.75, 3.05) is 19.0 Å². The van der Waals surface area contributed by atoms with Crippen LogP contribution in [0.2, 0.25) is 0 Å². The van der Waals surface area contributed by atoms with Crippen LogP contribution in [0, 0.1) is 0 Å². The third-order valence-corrected chi connectivity index (χ3v) is 3.21. The number of carbonyl (C=O) groups is 1. The summed E-state index contributed by atoms with van der Waals surface area (Å²) in [7, 11) is 1.64. The van der Waals surface area contributed by atoms with E-state index < -0.39 is 0 Å². The summed E-state index contributed by atoms with van der Waals surface area (Å²) >= 11 is 0. The largest absolute Gasteiger partial charge is 0.383 e. The average Bonchev–Trinajstić information content (AvgIpc) is 3.12. The number of rotatable bonds is 5. The topological polar surface area (TPSA) is 84.8 Å². The third kappa shape index (κ3) is 2.63. The molecule has 0 atom stereocenters. The molecule has 0 saturated carbocycles. The van der Waals surface area contributed by atoms with Crippen molar-refractivity contribution < 1.29 is 9.53 Å². The van der Waals surface area contributed by atoms with E-state index in [-0.39, 0.29) is 5.91 Å². The molecule has 2 aromatic heterocycles. The normalized spacial score (nSPS) is 10.9. The highest BCUT2D eigenvalue weighted by atomic mass is 16.5. The molecule has 0 spiro atoms. The van der Waals surface area contributed by atoms with E-state index in [0.29, 0.717) is 24.8 Å². The van der Waals surface area contributed by atoms with Crippen LogP contribution in [0.3, 0.4) is 0 Å². The molecule has 7 nitrogen and oxygen atoms in total. The summed E-state index contributed by atoms with van der Waals surface area (Å²) in [6.07, 6.45) is 1.34. The van der Waals surface area contributed by atoms with E-state index in [9.17, 15) is 4.79 Å². The minimum Gasteiger partial charge on any atom is -0.383 e. The fourth-order valence-electron chi connectivity index (χ4n) is 2.26. The highest BCUT2D eigenvalue weighted by molar-refractivity contribution is 6.05. The number of H-pyrrole nitrogens is 1. The molecule has 0 bridgehead atoms. The lowest BCUT2D eigenvalue weighted by Crippen LogP contribution is -2.19. The van der Waals surface area contributed by atoms with Gasteiger partial charge in [-0.15, -0.1) is 0 Å². The Balaban J connectivity index is 1.97. The minimum atomic E-state index is -0.237. The van der Waals surface area contributed by atoms with E-state index in [1.54, 1.807) is 7.11 Å². The molecule has 2 N–H and O–H groups in total. The second kappa shape index (κ2) is 5.76. The van der Waals surface area contributed by atoms with Gasteiger partial charge in [-0.2, -0.15) is 10.1 Å². The number of anilines is 1. The van der Waals surface area contributed by atoms with Gasteiger partial charge < -0.3 is 9.30 Å². The number of amides is 1. The number of ether oxygens (including phenoxy) is 1. The molecule has 3 rings (SSSR count). The standard InChI is InChI=1S/C14H15N5O2/c1-21-7-6-19-11-5-3-2-4-10(11)8-12(19)13(20)17-14-15-9-16-18-14/h2-5,8-9H,6-7H2,1H3,(H2,15,16,17,18,20). The zero-order valence-electron chi connectivity index (χ0n) is 11.5. The van der Waals surface area contributed by atoms with Crippen LogP contribution in [0.15, 0.2) is 36.7 Å². The molecular weight excluding hydrogens is 270 g/mol. The zero-order valence-corrected chi connectivity index (χ0v) is 11.5. The highest BCUT2D eigenvalue weighted by Gasteiger charge is 2.16. The van der Waals surface area contributed by atoms with Gasteiger partial charge in [0, 0.05) is 24.6 Å². The summed E-state index contributed by atoms with van der Waals surface area (Å²) < 4.78 is 7.06. The maximum absolute atomic E-state index is 12.4. The van der Waals surface area contributed by atoms with Gasteiger partial charge in [-0.3, -0.25) is 10.1 Å². The first-order chi connectivity index (χ1) is 10.3. The molecule has 0 fully saturated rings. The van der Waals surface area contributed by atoms with Crippen molar-refractivity contribution in [3.8, 4) is 0 Å². The summed E-state index contributed by atoms with van der Waals surface area (Å²) in [6, 6.07) is 9.71. The molecule has 0 aliphatic carbocycles. The van der Waals surface area contributed by atoms with Crippen molar-refractivity contribution in [2.45, 2.75) is 6.54 Å². The molecule has 0 aliphatic heterocycles. The van der Waals surface area contributed by atoms with Crippen molar-refractivity contribution >= 4 is 22.8 Å². The van der Waals surface area contributed by atoms with Crippen LogP contribution in [0.4, 0.5) is 5.95 Å². The molecule has 21 heavy (non-hydrogen) atoms. The van der Waals surface area contributed by atoms with Crippen LogP contribution in [0.5, 0.6) is 0 Å². The first-order valence-electron chi connectivity index (χ1n) is 6.53. The molecule has 0 radical (unpaired) electrons. The van der Waals surface area contributed by atoms with Crippen LogP contribution in [0.25, 0.3) is 10.9 Å². The number of benzene rings is 1. The molecular formula is C14H15N5O2. The van der Waals surface area contributed by atoms with Gasteiger partial charge in [-0.05, 0) is 12.1 Å². The number of hydrogen-bond acceptors (Lipinski definition) is 4. The first kappa shape index (κ1) is 13.3. The van der Waals surface area contributed by atoms with Crippen molar-refractivity contribution in [3.63, 3.8) is 0 Å². The number of carbonyl (C=O) groups excluding carboxylic acids is 1. The molecule has 7 heteroatoms. The second-order valence-electron chi connectivity index (χ2n) is 4.52. The predicted octanol–water partition coefficient (Wildman–Crippen LogP) is 1.66. The van der Waals surface area contributed by atoms with Gasteiger partial charge in [0.1, 0.15) is 12.0 Å². The smallest absolute Gasteiger partial charge is 0.274 e. The van der Waals surface area contributed by atoms with E-state index in [0.717, 1.165) is 10.9 Å². The van der Waals surface area contributed by atoms with E-state index in [4.69, 9.17) is 4.74 Å². The van der Waals surface area contributed by atoms with E-state index in [1.165, 1.54) is 6.33 Å². The highest BCUT2D eigenvalue weighted by Crippen LogP contribution is 2.20. The van der Waals surface area contributed by atoms with Crippen molar-refractivity contribution in [2.24, 2.45) is 0 Å². The van der Waals surface area contributed by atoms with Crippen LogP contribution in [-0.2, 0) is 11.3 Å². The number of aromatic nitrogens is 4. The third-order valence-electron chi connectivity index (χ3n) is 3.21. The maximum Gasteiger partial charge on any atom is 0.274 e. The number of para-hydroxylation sites is 1. The lowest BCUT2D eigenvalue weighted by molar-refractivity contribution is 0.101. The Hall–Kier alpha value is -2.67. The Kier molecular flexibility index (Phi) is 3.65. The minimum absolute atomic E-state index is 0.237. The lowest BCUT2D eigenvalue weighted by atomic mass is 10.2. The Morgan fingerprint density at radius 1 is 1.43 bits per heavy atom. The van der Waals surface area contributed by atoms with Gasteiger partial charge in [0.25, 0.3) is 5.91 Å². The summed E-state index contributed by atoms with van der Waals surface area (Å²) in [5.74, 6) is 0.0857. The molecule has 1 aromatic carbocycles.